The van der Waals surface area contributed by atoms with E-state index in [0.717, 1.165) is 0 Å². The Kier molecular flexibility index (Phi) is 2.71. The molecule has 0 atom stereocenters. The maximum Gasteiger partial charge on any atom is 0.421 e. The number of halogens is 3. The Labute approximate surface area is 95.1 Å². The number of benzene rings is 1. The van der Waals surface area contributed by atoms with Crippen LogP contribution < -0.4 is 5.73 Å². The van der Waals surface area contributed by atoms with Crippen molar-refractivity contribution in [3.05, 3.63) is 42.1 Å². The van der Waals surface area contributed by atoms with Crippen LogP contribution in [0.5, 0.6) is 0 Å². The summed E-state index contributed by atoms with van der Waals surface area (Å²) in [4.78, 5) is 7.32. The van der Waals surface area contributed by atoms with Gasteiger partial charge in [0.1, 0.15) is 11.4 Å². The molecule has 1 aromatic heterocycles. The van der Waals surface area contributed by atoms with E-state index in [-0.39, 0.29) is 5.82 Å². The van der Waals surface area contributed by atoms with Gasteiger partial charge < -0.3 is 5.73 Å². The lowest BCUT2D eigenvalue weighted by molar-refractivity contribution is -0.137. The number of aromatic nitrogens is 2. The fourth-order valence-electron chi connectivity index (χ4n) is 1.34. The van der Waals surface area contributed by atoms with Crippen molar-refractivity contribution >= 4 is 5.82 Å². The Morgan fingerprint density at radius 3 is 2.24 bits per heavy atom. The number of alkyl halides is 3. The highest BCUT2D eigenvalue weighted by Crippen LogP contribution is 2.32. The fourth-order valence-corrected chi connectivity index (χ4v) is 1.34. The SMILES string of the molecule is Nc1nc(-c2ccccc2)ncc1C(F)(F)F. The van der Waals surface area contributed by atoms with Crippen molar-refractivity contribution in [1.29, 1.82) is 0 Å². The van der Waals surface area contributed by atoms with E-state index in [1.54, 1.807) is 30.3 Å². The van der Waals surface area contributed by atoms with Crippen LogP contribution in [-0.4, -0.2) is 9.97 Å². The lowest BCUT2D eigenvalue weighted by Gasteiger charge is -2.09. The van der Waals surface area contributed by atoms with Crippen LogP contribution in [-0.2, 0) is 6.18 Å². The number of hydrogen-bond acceptors (Lipinski definition) is 3. The molecule has 1 heterocycles. The second-order valence-electron chi connectivity index (χ2n) is 3.36. The molecule has 0 bridgehead atoms. The lowest BCUT2D eigenvalue weighted by atomic mass is 10.2. The van der Waals surface area contributed by atoms with Gasteiger partial charge in [-0.25, -0.2) is 9.97 Å². The third kappa shape index (κ3) is 2.35. The molecule has 1 aromatic carbocycles. The van der Waals surface area contributed by atoms with Gasteiger partial charge in [-0.05, 0) is 0 Å². The van der Waals surface area contributed by atoms with Crippen molar-refractivity contribution in [1.82, 2.24) is 9.97 Å². The van der Waals surface area contributed by atoms with Crippen molar-refractivity contribution in [3.8, 4) is 11.4 Å². The molecule has 0 radical (unpaired) electrons. The number of hydrogen-bond donors (Lipinski definition) is 1. The average molecular weight is 239 g/mol. The molecule has 0 aliphatic heterocycles. The Morgan fingerprint density at radius 1 is 1.06 bits per heavy atom. The van der Waals surface area contributed by atoms with E-state index in [1.165, 1.54) is 0 Å². The third-order valence-corrected chi connectivity index (χ3v) is 2.16. The molecular weight excluding hydrogens is 231 g/mol. The normalized spacial score (nSPS) is 11.5. The van der Waals surface area contributed by atoms with E-state index in [4.69, 9.17) is 5.73 Å². The lowest BCUT2D eigenvalue weighted by Crippen LogP contribution is -2.11. The van der Waals surface area contributed by atoms with Crippen LogP contribution >= 0.6 is 0 Å². The van der Waals surface area contributed by atoms with Crippen LogP contribution in [0.25, 0.3) is 11.4 Å². The van der Waals surface area contributed by atoms with Crippen molar-refractivity contribution in [2.24, 2.45) is 0 Å². The van der Waals surface area contributed by atoms with Crippen LogP contribution in [0.3, 0.4) is 0 Å². The second-order valence-corrected chi connectivity index (χ2v) is 3.36. The summed E-state index contributed by atoms with van der Waals surface area (Å²) in [6, 6.07) is 8.67. The zero-order valence-corrected chi connectivity index (χ0v) is 8.57. The highest BCUT2D eigenvalue weighted by Gasteiger charge is 2.34. The first-order valence-electron chi connectivity index (χ1n) is 4.73. The van der Waals surface area contributed by atoms with E-state index >= 15 is 0 Å². The molecule has 0 aliphatic carbocycles. The molecule has 0 amide bonds. The first-order chi connectivity index (χ1) is 7.98. The van der Waals surface area contributed by atoms with Crippen LogP contribution in [0.4, 0.5) is 19.0 Å². The predicted molar refractivity (Wildman–Crippen MR) is 56.9 cm³/mol. The van der Waals surface area contributed by atoms with Gasteiger partial charge in [0.2, 0.25) is 0 Å². The van der Waals surface area contributed by atoms with E-state index in [9.17, 15) is 13.2 Å². The molecule has 0 unspecified atom stereocenters. The standard InChI is InChI=1S/C11H8F3N3/c12-11(13,14)8-6-16-10(17-9(8)15)7-4-2-1-3-5-7/h1-6H,(H2,15,16,17). The van der Waals surface area contributed by atoms with Gasteiger partial charge in [-0.1, -0.05) is 30.3 Å². The first-order valence-corrected chi connectivity index (χ1v) is 4.73. The molecule has 0 saturated heterocycles. The maximum atomic E-state index is 12.4. The van der Waals surface area contributed by atoms with E-state index in [2.05, 4.69) is 9.97 Å². The highest BCUT2D eigenvalue weighted by molar-refractivity contribution is 5.57. The minimum Gasteiger partial charge on any atom is -0.383 e. The monoisotopic (exact) mass is 239 g/mol. The molecule has 0 spiro atoms. The molecule has 6 heteroatoms. The quantitative estimate of drug-likeness (QED) is 0.832. The number of anilines is 1. The minimum absolute atomic E-state index is 0.177. The zero-order chi connectivity index (χ0) is 12.5. The summed E-state index contributed by atoms with van der Waals surface area (Å²) < 4.78 is 37.3. The molecule has 0 fully saturated rings. The molecule has 3 nitrogen and oxygen atoms in total. The third-order valence-electron chi connectivity index (χ3n) is 2.16. The largest absolute Gasteiger partial charge is 0.421 e. The molecule has 17 heavy (non-hydrogen) atoms. The molecule has 2 rings (SSSR count). The average Bonchev–Trinajstić information content (AvgIpc) is 2.28. The maximum absolute atomic E-state index is 12.4. The molecule has 2 N–H and O–H groups in total. The minimum atomic E-state index is -4.53. The highest BCUT2D eigenvalue weighted by atomic mass is 19.4. The second kappa shape index (κ2) is 4.04. The Hall–Kier alpha value is -2.11. The molecule has 0 aliphatic rings. The number of nitrogen functional groups attached to an aromatic ring is 1. The topological polar surface area (TPSA) is 51.8 Å². The van der Waals surface area contributed by atoms with Gasteiger partial charge >= 0.3 is 6.18 Å². The Bertz CT molecular complexity index is 523. The van der Waals surface area contributed by atoms with Gasteiger partial charge in [0.15, 0.2) is 5.82 Å². The first kappa shape index (κ1) is 11.4. The summed E-state index contributed by atoms with van der Waals surface area (Å²) in [6.07, 6.45) is -3.83. The summed E-state index contributed by atoms with van der Waals surface area (Å²) in [5.41, 5.74) is 4.88. The fraction of sp³-hybridized carbons (Fsp3) is 0.0909. The predicted octanol–water partition coefficient (Wildman–Crippen LogP) is 2.74. The number of nitrogens with two attached hydrogens (primary N) is 1. The van der Waals surface area contributed by atoms with Gasteiger partial charge in [0.25, 0.3) is 0 Å². The molecular formula is C11H8F3N3. The van der Waals surface area contributed by atoms with Crippen LogP contribution in [0.2, 0.25) is 0 Å². The summed E-state index contributed by atoms with van der Waals surface area (Å²) >= 11 is 0. The van der Waals surface area contributed by atoms with Crippen LogP contribution in [0, 0.1) is 0 Å². The van der Waals surface area contributed by atoms with Gasteiger partial charge in [0.05, 0.1) is 0 Å². The number of nitrogens with zero attached hydrogens (tertiary/aromatic N) is 2. The molecule has 88 valence electrons. The molecule has 0 saturated carbocycles. The summed E-state index contributed by atoms with van der Waals surface area (Å²) in [5.74, 6) is -0.387. The van der Waals surface area contributed by atoms with Gasteiger partial charge in [-0.15, -0.1) is 0 Å². The molecule has 2 aromatic rings. The summed E-state index contributed by atoms with van der Waals surface area (Å²) in [5, 5.41) is 0. The van der Waals surface area contributed by atoms with Crippen LogP contribution in [0.1, 0.15) is 5.56 Å². The van der Waals surface area contributed by atoms with Gasteiger partial charge in [0, 0.05) is 11.8 Å². The van der Waals surface area contributed by atoms with Crippen molar-refractivity contribution in [2.75, 3.05) is 5.73 Å². The summed E-state index contributed by atoms with van der Waals surface area (Å²) in [7, 11) is 0. The van der Waals surface area contributed by atoms with Crippen molar-refractivity contribution < 1.29 is 13.2 Å². The van der Waals surface area contributed by atoms with Crippen LogP contribution in [0.15, 0.2) is 36.5 Å². The van der Waals surface area contributed by atoms with Gasteiger partial charge in [-0.2, -0.15) is 13.2 Å². The Morgan fingerprint density at radius 2 is 1.71 bits per heavy atom. The Balaban J connectivity index is 2.45. The van der Waals surface area contributed by atoms with E-state index in [0.29, 0.717) is 11.8 Å². The van der Waals surface area contributed by atoms with Crippen molar-refractivity contribution in [2.45, 2.75) is 6.18 Å². The van der Waals surface area contributed by atoms with Crippen molar-refractivity contribution in [3.63, 3.8) is 0 Å². The zero-order valence-electron chi connectivity index (χ0n) is 8.57. The van der Waals surface area contributed by atoms with E-state index in [1.807, 2.05) is 0 Å². The number of rotatable bonds is 1. The summed E-state index contributed by atoms with van der Waals surface area (Å²) in [6.45, 7) is 0. The van der Waals surface area contributed by atoms with Gasteiger partial charge in [-0.3, -0.25) is 0 Å². The smallest absolute Gasteiger partial charge is 0.383 e. The van der Waals surface area contributed by atoms with E-state index < -0.39 is 17.6 Å².